The summed E-state index contributed by atoms with van der Waals surface area (Å²) in [5.74, 6) is 0. The molecule has 1 aromatic carbocycles. The van der Waals surface area contributed by atoms with Crippen LogP contribution in [0.25, 0.3) is 22.2 Å². The molecule has 0 saturated carbocycles. The fourth-order valence-electron chi connectivity index (χ4n) is 2.29. The smallest absolute Gasteiger partial charge is 0.0906 e. The van der Waals surface area contributed by atoms with Gasteiger partial charge in [-0.2, -0.15) is 0 Å². The van der Waals surface area contributed by atoms with E-state index in [-0.39, 0.29) is 0 Å². The van der Waals surface area contributed by atoms with E-state index in [9.17, 15) is 0 Å². The van der Waals surface area contributed by atoms with Gasteiger partial charge in [0.1, 0.15) is 0 Å². The van der Waals surface area contributed by atoms with E-state index in [0.717, 1.165) is 28.9 Å². The third-order valence-corrected chi connectivity index (χ3v) is 3.31. The molecule has 0 aliphatic heterocycles. The lowest BCUT2D eigenvalue weighted by Crippen LogP contribution is -2.04. The van der Waals surface area contributed by atoms with Gasteiger partial charge in [0.25, 0.3) is 0 Å². The van der Waals surface area contributed by atoms with Gasteiger partial charge in [0.15, 0.2) is 0 Å². The summed E-state index contributed by atoms with van der Waals surface area (Å²) in [6.07, 6.45) is 6.37. The quantitative estimate of drug-likeness (QED) is 0.752. The van der Waals surface area contributed by atoms with Crippen molar-refractivity contribution < 1.29 is 0 Å². The summed E-state index contributed by atoms with van der Waals surface area (Å²) < 4.78 is 0. The van der Waals surface area contributed by atoms with Gasteiger partial charge in [-0.1, -0.05) is 18.2 Å². The third-order valence-electron chi connectivity index (χ3n) is 3.31. The number of hydrogen-bond donors (Lipinski definition) is 2. The molecule has 0 aliphatic carbocycles. The van der Waals surface area contributed by atoms with Crippen molar-refractivity contribution in [3.8, 4) is 11.3 Å². The van der Waals surface area contributed by atoms with Crippen molar-refractivity contribution in [1.29, 1.82) is 0 Å². The predicted molar refractivity (Wildman–Crippen MR) is 76.8 cm³/mol. The number of para-hydroxylation sites is 1. The Bertz CT molecular complexity index is 698. The average Bonchev–Trinajstić information content (AvgIpc) is 2.85. The van der Waals surface area contributed by atoms with Crippen LogP contribution in [0, 0.1) is 6.92 Å². The van der Waals surface area contributed by atoms with Gasteiger partial charge in [-0.15, -0.1) is 0 Å². The first-order chi connectivity index (χ1) is 9.29. The molecule has 96 valence electrons. The summed E-state index contributed by atoms with van der Waals surface area (Å²) in [5, 5.41) is 1.18. The Kier molecular flexibility index (Phi) is 3.01. The number of aromatic nitrogens is 3. The van der Waals surface area contributed by atoms with Crippen molar-refractivity contribution in [3.05, 3.63) is 48.0 Å². The number of hydrogen-bond acceptors (Lipinski definition) is 3. The molecule has 2 aromatic heterocycles. The maximum absolute atomic E-state index is 5.51. The summed E-state index contributed by atoms with van der Waals surface area (Å²) in [7, 11) is 0. The summed E-state index contributed by atoms with van der Waals surface area (Å²) >= 11 is 0. The molecule has 0 atom stereocenters. The van der Waals surface area contributed by atoms with E-state index in [0.29, 0.717) is 6.54 Å². The molecule has 2 heterocycles. The van der Waals surface area contributed by atoms with E-state index in [1.807, 2.05) is 12.4 Å². The van der Waals surface area contributed by atoms with Gasteiger partial charge in [-0.05, 0) is 19.0 Å². The van der Waals surface area contributed by atoms with Crippen LogP contribution in [0.2, 0.25) is 0 Å². The first kappa shape index (κ1) is 11.9. The second-order valence-corrected chi connectivity index (χ2v) is 4.63. The zero-order chi connectivity index (χ0) is 13.2. The van der Waals surface area contributed by atoms with Crippen LogP contribution in [0.1, 0.15) is 11.3 Å². The molecular formula is C15H16N4. The highest BCUT2D eigenvalue weighted by Crippen LogP contribution is 2.28. The third kappa shape index (κ3) is 2.11. The number of nitrogens with two attached hydrogens (primary N) is 1. The Morgan fingerprint density at radius 3 is 2.84 bits per heavy atom. The number of H-pyrrole nitrogens is 1. The topological polar surface area (TPSA) is 67.6 Å². The van der Waals surface area contributed by atoms with Crippen LogP contribution in [-0.4, -0.2) is 21.5 Å². The maximum Gasteiger partial charge on any atom is 0.0906 e. The van der Waals surface area contributed by atoms with Crippen molar-refractivity contribution in [2.75, 3.05) is 6.54 Å². The average molecular weight is 252 g/mol. The minimum Gasteiger partial charge on any atom is -0.360 e. The highest BCUT2D eigenvalue weighted by molar-refractivity contribution is 5.95. The van der Waals surface area contributed by atoms with Gasteiger partial charge in [0, 0.05) is 35.3 Å². The Morgan fingerprint density at radius 1 is 1.21 bits per heavy atom. The van der Waals surface area contributed by atoms with Crippen molar-refractivity contribution in [2.24, 2.45) is 5.73 Å². The van der Waals surface area contributed by atoms with Crippen molar-refractivity contribution in [3.63, 3.8) is 0 Å². The van der Waals surface area contributed by atoms with Crippen LogP contribution in [-0.2, 0) is 6.42 Å². The molecule has 19 heavy (non-hydrogen) atoms. The lowest BCUT2D eigenvalue weighted by molar-refractivity contribution is 0.909. The normalized spacial score (nSPS) is 11.1. The van der Waals surface area contributed by atoms with Gasteiger partial charge in [-0.3, -0.25) is 9.97 Å². The summed E-state index contributed by atoms with van der Waals surface area (Å²) in [6, 6.07) is 6.26. The van der Waals surface area contributed by atoms with Crippen molar-refractivity contribution in [1.82, 2.24) is 15.0 Å². The lowest BCUT2D eigenvalue weighted by atomic mass is 10.1. The van der Waals surface area contributed by atoms with Crippen LogP contribution in [0.5, 0.6) is 0 Å². The minimum atomic E-state index is 0.598. The highest BCUT2D eigenvalue weighted by atomic mass is 14.8. The Morgan fingerprint density at radius 2 is 2.11 bits per heavy atom. The van der Waals surface area contributed by atoms with Gasteiger partial charge < -0.3 is 10.7 Å². The number of aryl methyl sites for hydroxylation is 1. The summed E-state index contributed by atoms with van der Waals surface area (Å²) in [4.78, 5) is 12.2. The number of nitrogens with one attached hydrogen (secondary N) is 1. The van der Waals surface area contributed by atoms with Gasteiger partial charge >= 0.3 is 0 Å². The predicted octanol–water partition coefficient (Wildman–Crippen LogP) is 2.43. The molecule has 0 aliphatic rings. The van der Waals surface area contributed by atoms with Crippen LogP contribution >= 0.6 is 0 Å². The molecule has 0 radical (unpaired) electrons. The number of nitrogens with zero attached hydrogens (tertiary/aromatic N) is 2. The number of benzene rings is 1. The van der Waals surface area contributed by atoms with E-state index in [2.05, 4.69) is 40.1 Å². The van der Waals surface area contributed by atoms with Crippen molar-refractivity contribution >= 4 is 10.9 Å². The maximum atomic E-state index is 5.51. The van der Waals surface area contributed by atoms with E-state index < -0.39 is 0 Å². The molecule has 3 N–H and O–H groups in total. The summed E-state index contributed by atoms with van der Waals surface area (Å²) in [5.41, 5.74) is 10.8. The molecule has 0 bridgehead atoms. The van der Waals surface area contributed by atoms with E-state index >= 15 is 0 Å². The van der Waals surface area contributed by atoms with Crippen LogP contribution < -0.4 is 5.73 Å². The van der Waals surface area contributed by atoms with E-state index in [4.69, 9.17) is 5.73 Å². The molecule has 0 fully saturated rings. The van der Waals surface area contributed by atoms with E-state index in [1.54, 1.807) is 6.20 Å². The van der Waals surface area contributed by atoms with Gasteiger partial charge in [0.05, 0.1) is 17.6 Å². The molecular weight excluding hydrogens is 236 g/mol. The minimum absolute atomic E-state index is 0.598. The summed E-state index contributed by atoms with van der Waals surface area (Å²) in [6.45, 7) is 2.69. The Labute approximate surface area is 111 Å². The Balaban J connectivity index is 2.06. The Hall–Kier alpha value is -2.20. The highest BCUT2D eigenvalue weighted by Gasteiger charge is 2.08. The second-order valence-electron chi connectivity index (χ2n) is 4.63. The lowest BCUT2D eigenvalue weighted by Gasteiger charge is -2.01. The van der Waals surface area contributed by atoms with Crippen LogP contribution in [0.3, 0.4) is 0 Å². The SMILES string of the molecule is Cc1cccc2c(-c3cnc(CCN)cn3)c[nH]c12. The molecule has 0 amide bonds. The molecule has 0 spiro atoms. The molecule has 4 nitrogen and oxygen atoms in total. The van der Waals surface area contributed by atoms with Crippen LogP contribution in [0.4, 0.5) is 0 Å². The van der Waals surface area contributed by atoms with Crippen molar-refractivity contribution in [2.45, 2.75) is 13.3 Å². The largest absolute Gasteiger partial charge is 0.360 e. The zero-order valence-corrected chi connectivity index (χ0v) is 10.9. The number of rotatable bonds is 3. The first-order valence-corrected chi connectivity index (χ1v) is 6.37. The molecule has 4 heteroatoms. The molecule has 3 aromatic rings. The first-order valence-electron chi connectivity index (χ1n) is 6.37. The number of aromatic amines is 1. The number of fused-ring (bicyclic) bond motifs is 1. The molecule has 0 unspecified atom stereocenters. The molecule has 0 saturated heterocycles. The monoisotopic (exact) mass is 252 g/mol. The standard InChI is InChI=1S/C15H16N4/c1-10-3-2-4-12-13(8-19-15(10)12)14-9-17-11(5-6-16)7-18-14/h2-4,7-9,19H,5-6,16H2,1H3. The molecule has 3 rings (SSSR count). The zero-order valence-electron chi connectivity index (χ0n) is 10.9. The van der Waals surface area contributed by atoms with Gasteiger partial charge in [0.2, 0.25) is 0 Å². The van der Waals surface area contributed by atoms with Crippen LogP contribution in [0.15, 0.2) is 36.8 Å². The second kappa shape index (κ2) is 4.82. The fraction of sp³-hybridized carbons (Fsp3) is 0.200. The van der Waals surface area contributed by atoms with E-state index in [1.165, 1.54) is 10.9 Å². The fourth-order valence-corrected chi connectivity index (χ4v) is 2.29. The van der Waals surface area contributed by atoms with Gasteiger partial charge in [-0.25, -0.2) is 0 Å².